The first kappa shape index (κ1) is 15.7. The number of aliphatic hydroxyl groups excluding tert-OH is 6. The SMILES string of the molecule is OCCOCC(O)[C@@H]1O[C@H](CO)[C@H](O)[C@H](O)[C@H]1O. The van der Waals surface area contributed by atoms with Crippen molar-refractivity contribution in [3.63, 3.8) is 0 Å². The van der Waals surface area contributed by atoms with Crippen LogP contribution in [0.4, 0.5) is 0 Å². The lowest BCUT2D eigenvalue weighted by atomic mass is 9.92. The van der Waals surface area contributed by atoms with Crippen LogP contribution in [-0.2, 0) is 9.47 Å². The topological polar surface area (TPSA) is 140 Å². The molecule has 1 aliphatic heterocycles. The Labute approximate surface area is 104 Å². The quantitative estimate of drug-likeness (QED) is 0.269. The highest BCUT2D eigenvalue weighted by Gasteiger charge is 2.45. The summed E-state index contributed by atoms with van der Waals surface area (Å²) in [6.45, 7) is -0.940. The number of rotatable bonds is 6. The van der Waals surface area contributed by atoms with Crippen LogP contribution in [0.5, 0.6) is 0 Å². The Balaban J connectivity index is 2.57. The highest BCUT2D eigenvalue weighted by atomic mass is 16.6. The summed E-state index contributed by atoms with van der Waals surface area (Å²) in [7, 11) is 0. The van der Waals surface area contributed by atoms with Crippen LogP contribution in [-0.4, -0.2) is 93.7 Å². The van der Waals surface area contributed by atoms with Gasteiger partial charge in [0.05, 0.1) is 26.4 Å². The molecule has 1 rings (SSSR count). The van der Waals surface area contributed by atoms with Gasteiger partial charge in [0, 0.05) is 0 Å². The minimum absolute atomic E-state index is 0.0223. The highest BCUT2D eigenvalue weighted by Crippen LogP contribution is 2.23. The van der Waals surface area contributed by atoms with E-state index in [9.17, 15) is 20.4 Å². The van der Waals surface area contributed by atoms with Gasteiger partial charge in [-0.05, 0) is 0 Å². The summed E-state index contributed by atoms with van der Waals surface area (Å²) >= 11 is 0. The first-order chi connectivity index (χ1) is 8.52. The van der Waals surface area contributed by atoms with Gasteiger partial charge in [-0.1, -0.05) is 0 Å². The molecular formula is C10H20O8. The molecule has 0 amide bonds. The van der Waals surface area contributed by atoms with Gasteiger partial charge < -0.3 is 40.1 Å². The summed E-state index contributed by atoms with van der Waals surface area (Å²) in [5, 5.41) is 55.9. The van der Waals surface area contributed by atoms with Crippen molar-refractivity contribution in [3.05, 3.63) is 0 Å². The monoisotopic (exact) mass is 268 g/mol. The zero-order valence-electron chi connectivity index (χ0n) is 9.79. The van der Waals surface area contributed by atoms with E-state index >= 15 is 0 Å². The normalized spacial score (nSPS) is 38.7. The number of hydrogen-bond donors (Lipinski definition) is 6. The van der Waals surface area contributed by atoms with Crippen molar-refractivity contribution in [1.82, 2.24) is 0 Å². The van der Waals surface area contributed by atoms with Crippen molar-refractivity contribution >= 4 is 0 Å². The lowest BCUT2D eigenvalue weighted by Crippen LogP contribution is -2.62. The van der Waals surface area contributed by atoms with Gasteiger partial charge in [-0.15, -0.1) is 0 Å². The van der Waals surface area contributed by atoms with E-state index in [0.717, 1.165) is 0 Å². The third kappa shape index (κ3) is 3.59. The van der Waals surface area contributed by atoms with Gasteiger partial charge in [-0.2, -0.15) is 0 Å². The fourth-order valence-electron chi connectivity index (χ4n) is 1.81. The summed E-state index contributed by atoms with van der Waals surface area (Å²) < 4.78 is 10.00. The van der Waals surface area contributed by atoms with Crippen LogP contribution in [0.2, 0.25) is 0 Å². The molecule has 0 aliphatic carbocycles. The van der Waals surface area contributed by atoms with Crippen LogP contribution in [0, 0.1) is 0 Å². The molecule has 1 heterocycles. The Morgan fingerprint density at radius 1 is 1.06 bits per heavy atom. The molecule has 0 aromatic carbocycles. The van der Waals surface area contributed by atoms with Gasteiger partial charge in [0.25, 0.3) is 0 Å². The van der Waals surface area contributed by atoms with E-state index in [4.69, 9.17) is 19.7 Å². The molecule has 6 N–H and O–H groups in total. The maximum Gasteiger partial charge on any atom is 0.115 e. The van der Waals surface area contributed by atoms with Crippen LogP contribution >= 0.6 is 0 Å². The van der Waals surface area contributed by atoms with Gasteiger partial charge in [0.1, 0.15) is 36.6 Å². The molecule has 0 aromatic heterocycles. The molecule has 1 unspecified atom stereocenters. The molecule has 0 saturated carbocycles. The van der Waals surface area contributed by atoms with E-state index in [1.165, 1.54) is 0 Å². The largest absolute Gasteiger partial charge is 0.394 e. The first-order valence-corrected chi connectivity index (χ1v) is 5.70. The van der Waals surface area contributed by atoms with E-state index in [1.54, 1.807) is 0 Å². The van der Waals surface area contributed by atoms with E-state index in [-0.39, 0.29) is 19.8 Å². The summed E-state index contributed by atoms with van der Waals surface area (Å²) in [5.74, 6) is 0. The van der Waals surface area contributed by atoms with Crippen molar-refractivity contribution in [3.8, 4) is 0 Å². The molecular weight excluding hydrogens is 248 g/mol. The van der Waals surface area contributed by atoms with Crippen molar-refractivity contribution in [2.24, 2.45) is 0 Å². The standard InChI is InChI=1S/C10H20O8/c11-1-2-17-4-5(13)10-9(16)8(15)7(14)6(3-12)18-10/h5-16H,1-4H2/t5?,6-,7+,8+,9-,10+/m1/s1. The molecule has 1 fully saturated rings. The lowest BCUT2D eigenvalue weighted by Gasteiger charge is -2.41. The number of hydrogen-bond acceptors (Lipinski definition) is 8. The molecule has 1 aliphatic rings. The van der Waals surface area contributed by atoms with Gasteiger partial charge in [0.15, 0.2) is 0 Å². The minimum Gasteiger partial charge on any atom is -0.394 e. The zero-order valence-corrected chi connectivity index (χ0v) is 9.79. The average molecular weight is 268 g/mol. The second kappa shape index (κ2) is 7.31. The Bertz CT molecular complexity index is 236. The molecule has 0 radical (unpaired) electrons. The molecule has 8 nitrogen and oxygen atoms in total. The third-order valence-corrected chi connectivity index (χ3v) is 2.83. The van der Waals surface area contributed by atoms with E-state index in [2.05, 4.69) is 0 Å². The zero-order chi connectivity index (χ0) is 13.7. The summed E-state index contributed by atoms with van der Waals surface area (Å²) in [6, 6.07) is 0. The lowest BCUT2D eigenvalue weighted by molar-refractivity contribution is -0.253. The minimum atomic E-state index is -1.52. The van der Waals surface area contributed by atoms with Crippen molar-refractivity contribution in [2.75, 3.05) is 26.4 Å². The smallest absolute Gasteiger partial charge is 0.115 e. The first-order valence-electron chi connectivity index (χ1n) is 5.70. The van der Waals surface area contributed by atoms with Gasteiger partial charge >= 0.3 is 0 Å². The Morgan fingerprint density at radius 3 is 2.28 bits per heavy atom. The van der Waals surface area contributed by atoms with Crippen LogP contribution < -0.4 is 0 Å². The predicted molar refractivity (Wildman–Crippen MR) is 57.7 cm³/mol. The fraction of sp³-hybridized carbons (Fsp3) is 1.00. The van der Waals surface area contributed by atoms with Crippen molar-refractivity contribution in [2.45, 2.75) is 36.6 Å². The van der Waals surface area contributed by atoms with Crippen LogP contribution in [0.25, 0.3) is 0 Å². The van der Waals surface area contributed by atoms with Gasteiger partial charge in [-0.3, -0.25) is 0 Å². The van der Waals surface area contributed by atoms with E-state index < -0.39 is 43.2 Å². The molecule has 0 aromatic rings. The number of aliphatic hydroxyl groups is 6. The molecule has 8 heteroatoms. The molecule has 108 valence electrons. The van der Waals surface area contributed by atoms with Gasteiger partial charge in [-0.25, -0.2) is 0 Å². The second-order valence-electron chi connectivity index (χ2n) is 4.16. The molecule has 6 atom stereocenters. The summed E-state index contributed by atoms with van der Waals surface area (Å²) in [5.41, 5.74) is 0. The summed E-state index contributed by atoms with van der Waals surface area (Å²) in [4.78, 5) is 0. The fourth-order valence-corrected chi connectivity index (χ4v) is 1.81. The maximum atomic E-state index is 9.72. The van der Waals surface area contributed by atoms with Crippen LogP contribution in [0.1, 0.15) is 0 Å². The number of ether oxygens (including phenoxy) is 2. The molecule has 18 heavy (non-hydrogen) atoms. The Kier molecular flexibility index (Phi) is 6.39. The molecule has 0 spiro atoms. The Morgan fingerprint density at radius 2 is 1.72 bits per heavy atom. The Hall–Kier alpha value is -0.320. The average Bonchev–Trinajstić information content (AvgIpc) is 2.36. The molecule has 1 saturated heterocycles. The third-order valence-electron chi connectivity index (χ3n) is 2.83. The van der Waals surface area contributed by atoms with Crippen molar-refractivity contribution < 1.29 is 40.1 Å². The van der Waals surface area contributed by atoms with E-state index in [0.29, 0.717) is 0 Å². The van der Waals surface area contributed by atoms with Crippen LogP contribution in [0.3, 0.4) is 0 Å². The summed E-state index contributed by atoms with van der Waals surface area (Å²) in [6.07, 6.45) is -7.95. The van der Waals surface area contributed by atoms with Crippen LogP contribution in [0.15, 0.2) is 0 Å². The van der Waals surface area contributed by atoms with Gasteiger partial charge in [0.2, 0.25) is 0 Å². The molecule has 0 bridgehead atoms. The highest BCUT2D eigenvalue weighted by molar-refractivity contribution is 4.94. The second-order valence-corrected chi connectivity index (χ2v) is 4.16. The van der Waals surface area contributed by atoms with E-state index in [1.807, 2.05) is 0 Å². The van der Waals surface area contributed by atoms with Crippen molar-refractivity contribution in [1.29, 1.82) is 0 Å². The predicted octanol–water partition coefficient (Wildman–Crippen LogP) is -3.80. The maximum absolute atomic E-state index is 9.72.